The lowest BCUT2D eigenvalue weighted by molar-refractivity contribution is -0.113. The standard InChI is InChI=1S/C16H13N5O2S2/c1-9-7-24-15(18-9)19-13(22)8-25-16-21-20-14(23-16)11-6-17-12-5-3-2-4-10(11)12/h2-7,17H,8H2,1H3,(H,18,19,22). The van der Waals surface area contributed by atoms with Gasteiger partial charge in [0.1, 0.15) is 0 Å². The van der Waals surface area contributed by atoms with Crippen molar-refractivity contribution in [2.24, 2.45) is 0 Å². The van der Waals surface area contributed by atoms with Crippen molar-refractivity contribution in [3.05, 3.63) is 41.5 Å². The molecule has 0 aliphatic rings. The van der Waals surface area contributed by atoms with Gasteiger partial charge in [0.25, 0.3) is 11.1 Å². The van der Waals surface area contributed by atoms with E-state index in [0.29, 0.717) is 16.2 Å². The van der Waals surface area contributed by atoms with Gasteiger partial charge in [-0.2, -0.15) is 0 Å². The molecule has 2 N–H and O–H groups in total. The Morgan fingerprint density at radius 2 is 2.24 bits per heavy atom. The van der Waals surface area contributed by atoms with Gasteiger partial charge in [-0.25, -0.2) is 4.98 Å². The number of aromatic amines is 1. The number of anilines is 1. The lowest BCUT2D eigenvalue weighted by atomic mass is 10.2. The first kappa shape index (κ1) is 15.9. The fraction of sp³-hybridized carbons (Fsp3) is 0.125. The van der Waals surface area contributed by atoms with E-state index in [0.717, 1.165) is 22.2 Å². The minimum Gasteiger partial charge on any atom is -0.411 e. The first-order valence-electron chi connectivity index (χ1n) is 7.44. The molecule has 0 aliphatic heterocycles. The second-order valence-electron chi connectivity index (χ2n) is 5.25. The SMILES string of the molecule is Cc1csc(NC(=O)CSc2nnc(-c3c[nH]c4ccccc34)o2)n1. The summed E-state index contributed by atoms with van der Waals surface area (Å²) in [5.41, 5.74) is 2.73. The molecule has 0 atom stereocenters. The van der Waals surface area contributed by atoms with E-state index < -0.39 is 0 Å². The number of carbonyl (C=O) groups is 1. The number of thioether (sulfide) groups is 1. The maximum atomic E-state index is 11.9. The molecule has 0 saturated heterocycles. The van der Waals surface area contributed by atoms with Gasteiger partial charge in [0.15, 0.2) is 5.13 Å². The number of rotatable bonds is 5. The Morgan fingerprint density at radius 1 is 1.36 bits per heavy atom. The maximum absolute atomic E-state index is 11.9. The van der Waals surface area contributed by atoms with Gasteiger partial charge in [0.2, 0.25) is 5.91 Å². The number of hydrogen-bond donors (Lipinski definition) is 2. The molecule has 25 heavy (non-hydrogen) atoms. The van der Waals surface area contributed by atoms with E-state index in [1.807, 2.05) is 42.8 Å². The molecule has 0 fully saturated rings. The normalized spacial score (nSPS) is 11.1. The van der Waals surface area contributed by atoms with Crippen LogP contribution in [0, 0.1) is 6.92 Å². The largest absolute Gasteiger partial charge is 0.411 e. The number of carbonyl (C=O) groups excluding carboxylic acids is 1. The number of nitrogens with zero attached hydrogens (tertiary/aromatic N) is 3. The number of fused-ring (bicyclic) bond motifs is 1. The van der Waals surface area contributed by atoms with Crippen molar-refractivity contribution >= 4 is 45.0 Å². The average molecular weight is 371 g/mol. The molecule has 1 amide bonds. The summed E-state index contributed by atoms with van der Waals surface area (Å²) in [7, 11) is 0. The van der Waals surface area contributed by atoms with Crippen molar-refractivity contribution in [1.29, 1.82) is 0 Å². The van der Waals surface area contributed by atoms with Crippen LogP contribution in [0.15, 0.2) is 45.5 Å². The first-order valence-corrected chi connectivity index (χ1v) is 9.30. The van der Waals surface area contributed by atoms with Crippen molar-refractivity contribution < 1.29 is 9.21 Å². The number of thiazole rings is 1. The molecule has 9 heteroatoms. The summed E-state index contributed by atoms with van der Waals surface area (Å²) < 4.78 is 5.67. The van der Waals surface area contributed by atoms with Crippen molar-refractivity contribution in [3.63, 3.8) is 0 Å². The Bertz CT molecular complexity index is 1040. The minimum absolute atomic E-state index is 0.161. The predicted molar refractivity (Wildman–Crippen MR) is 97.8 cm³/mol. The highest BCUT2D eigenvalue weighted by atomic mass is 32.2. The van der Waals surface area contributed by atoms with Gasteiger partial charge >= 0.3 is 0 Å². The summed E-state index contributed by atoms with van der Waals surface area (Å²) in [6, 6.07) is 7.88. The van der Waals surface area contributed by atoms with Crippen LogP contribution in [-0.2, 0) is 4.79 Å². The van der Waals surface area contributed by atoms with Crippen LogP contribution < -0.4 is 5.32 Å². The Kier molecular flexibility index (Phi) is 4.24. The molecular weight excluding hydrogens is 358 g/mol. The fourth-order valence-corrected chi connectivity index (χ4v) is 3.59. The van der Waals surface area contributed by atoms with Crippen molar-refractivity contribution in [1.82, 2.24) is 20.2 Å². The van der Waals surface area contributed by atoms with Crippen LogP contribution >= 0.6 is 23.1 Å². The molecular formula is C16H13N5O2S2. The lowest BCUT2D eigenvalue weighted by Gasteiger charge is -1.98. The zero-order valence-electron chi connectivity index (χ0n) is 13.1. The Hall–Kier alpha value is -2.65. The molecule has 3 aromatic heterocycles. The van der Waals surface area contributed by atoms with Gasteiger partial charge in [-0.05, 0) is 13.0 Å². The monoisotopic (exact) mass is 371 g/mol. The summed E-state index contributed by atoms with van der Waals surface area (Å²) in [6.45, 7) is 1.88. The molecule has 0 spiro atoms. The van der Waals surface area contributed by atoms with Crippen LogP contribution in [0.5, 0.6) is 0 Å². The smallest absolute Gasteiger partial charge is 0.277 e. The van der Waals surface area contributed by atoms with Gasteiger partial charge in [-0.1, -0.05) is 30.0 Å². The molecule has 126 valence electrons. The number of hydrogen-bond acceptors (Lipinski definition) is 7. The van der Waals surface area contributed by atoms with Gasteiger partial charge in [0, 0.05) is 22.5 Å². The molecule has 0 aliphatic carbocycles. The average Bonchev–Trinajstić information content (AvgIpc) is 3.32. The molecule has 0 saturated carbocycles. The van der Waals surface area contributed by atoms with Gasteiger partial charge in [0.05, 0.1) is 17.0 Å². The van der Waals surface area contributed by atoms with Crippen molar-refractivity contribution in [2.75, 3.05) is 11.1 Å². The summed E-state index contributed by atoms with van der Waals surface area (Å²) >= 11 is 2.59. The summed E-state index contributed by atoms with van der Waals surface area (Å²) in [4.78, 5) is 19.3. The third-order valence-corrected chi connectivity index (χ3v) is 5.11. The number of H-pyrrole nitrogens is 1. The molecule has 7 nitrogen and oxygen atoms in total. The van der Waals surface area contributed by atoms with Crippen LogP contribution in [0.1, 0.15) is 5.69 Å². The number of para-hydroxylation sites is 1. The number of nitrogens with one attached hydrogen (secondary N) is 2. The van der Waals surface area contributed by atoms with E-state index in [4.69, 9.17) is 4.42 Å². The van der Waals surface area contributed by atoms with Crippen molar-refractivity contribution in [2.45, 2.75) is 12.1 Å². The highest BCUT2D eigenvalue weighted by Crippen LogP contribution is 2.29. The lowest BCUT2D eigenvalue weighted by Crippen LogP contribution is -2.13. The topological polar surface area (TPSA) is 96.7 Å². The Balaban J connectivity index is 1.42. The third-order valence-electron chi connectivity index (χ3n) is 3.42. The summed E-state index contributed by atoms with van der Waals surface area (Å²) in [5.74, 6) is 0.441. The minimum atomic E-state index is -0.161. The molecule has 0 unspecified atom stereocenters. The summed E-state index contributed by atoms with van der Waals surface area (Å²) in [6.07, 6.45) is 1.84. The highest BCUT2D eigenvalue weighted by molar-refractivity contribution is 7.99. The molecule has 4 rings (SSSR count). The van der Waals surface area contributed by atoms with E-state index in [2.05, 4.69) is 25.5 Å². The number of aromatic nitrogens is 4. The zero-order valence-corrected chi connectivity index (χ0v) is 14.8. The second kappa shape index (κ2) is 6.69. The molecule has 3 heterocycles. The van der Waals surface area contributed by atoms with Gasteiger partial charge in [-0.3, -0.25) is 4.79 Å². The van der Waals surface area contributed by atoms with E-state index in [-0.39, 0.29) is 11.7 Å². The quantitative estimate of drug-likeness (QED) is 0.519. The number of amides is 1. The van der Waals surface area contributed by atoms with Gasteiger partial charge in [-0.15, -0.1) is 21.5 Å². The Morgan fingerprint density at radius 3 is 3.08 bits per heavy atom. The first-order chi connectivity index (χ1) is 12.2. The molecule has 4 aromatic rings. The van der Waals surface area contributed by atoms with Crippen LogP contribution in [-0.4, -0.2) is 31.8 Å². The van der Waals surface area contributed by atoms with E-state index in [9.17, 15) is 4.79 Å². The number of benzene rings is 1. The van der Waals surface area contributed by atoms with Gasteiger partial charge < -0.3 is 14.7 Å². The third kappa shape index (κ3) is 3.42. The zero-order chi connectivity index (χ0) is 17.2. The van der Waals surface area contributed by atoms with E-state index in [1.165, 1.54) is 23.1 Å². The van der Waals surface area contributed by atoms with Crippen LogP contribution in [0.2, 0.25) is 0 Å². The molecule has 0 bridgehead atoms. The summed E-state index contributed by atoms with van der Waals surface area (Å²) in [5, 5.41) is 14.7. The number of aryl methyl sites for hydroxylation is 1. The van der Waals surface area contributed by atoms with Crippen molar-refractivity contribution in [3.8, 4) is 11.5 Å². The fourth-order valence-electron chi connectivity index (χ4n) is 2.32. The molecule has 0 radical (unpaired) electrons. The second-order valence-corrected chi connectivity index (χ2v) is 7.04. The maximum Gasteiger partial charge on any atom is 0.277 e. The van der Waals surface area contributed by atoms with Crippen LogP contribution in [0.4, 0.5) is 5.13 Å². The van der Waals surface area contributed by atoms with Crippen LogP contribution in [0.3, 0.4) is 0 Å². The Labute approximate surface area is 150 Å². The predicted octanol–water partition coefficient (Wildman–Crippen LogP) is 3.71. The highest BCUT2D eigenvalue weighted by Gasteiger charge is 2.14. The van der Waals surface area contributed by atoms with E-state index >= 15 is 0 Å². The van der Waals surface area contributed by atoms with E-state index in [1.54, 1.807) is 0 Å². The van der Waals surface area contributed by atoms with Crippen LogP contribution in [0.25, 0.3) is 22.4 Å². The molecule has 1 aromatic carbocycles.